The lowest BCUT2D eigenvalue weighted by atomic mass is 10.0. The first-order chi connectivity index (χ1) is 10.3. The van der Waals surface area contributed by atoms with Crippen LogP contribution in [0.15, 0.2) is 24.4 Å². The Morgan fingerprint density at radius 1 is 1.38 bits per heavy atom. The molecule has 1 saturated heterocycles. The molecule has 6 heteroatoms. The van der Waals surface area contributed by atoms with Gasteiger partial charge >= 0.3 is 0 Å². The fourth-order valence-corrected chi connectivity index (χ4v) is 3.30. The summed E-state index contributed by atoms with van der Waals surface area (Å²) in [6, 6.07) is 6.47. The number of aryl methyl sites for hydroxylation is 1. The number of likely N-dealkylation sites (tertiary alicyclic amines) is 1. The average Bonchev–Trinajstić information content (AvgIpc) is 2.96. The number of aromatic nitrogens is 4. The van der Waals surface area contributed by atoms with Crippen LogP contribution in [-0.2, 0) is 17.9 Å². The predicted molar refractivity (Wildman–Crippen MR) is 76.5 cm³/mol. The van der Waals surface area contributed by atoms with Crippen molar-refractivity contribution in [3.8, 4) is 0 Å². The third-order valence-corrected chi connectivity index (χ3v) is 4.34. The van der Waals surface area contributed by atoms with Crippen LogP contribution in [0.25, 0.3) is 0 Å². The quantitative estimate of drug-likeness (QED) is 0.833. The molecule has 21 heavy (non-hydrogen) atoms. The number of fused-ring (bicyclic) bond motifs is 3. The lowest BCUT2D eigenvalue weighted by molar-refractivity contribution is -0.0671. The molecular formula is C15H19N5O. The summed E-state index contributed by atoms with van der Waals surface area (Å²) >= 11 is 0. The van der Waals surface area contributed by atoms with Gasteiger partial charge in [0.25, 0.3) is 0 Å². The van der Waals surface area contributed by atoms with Gasteiger partial charge in [-0.3, -0.25) is 9.88 Å². The van der Waals surface area contributed by atoms with Gasteiger partial charge in [-0.05, 0) is 25.5 Å². The smallest absolute Gasteiger partial charge is 0.0930 e. The first-order valence-electron chi connectivity index (χ1n) is 7.45. The highest BCUT2D eigenvalue weighted by atomic mass is 16.5. The van der Waals surface area contributed by atoms with Crippen molar-refractivity contribution in [3.05, 3.63) is 41.5 Å². The molecule has 0 radical (unpaired) electrons. The van der Waals surface area contributed by atoms with Gasteiger partial charge in [-0.2, -0.15) is 0 Å². The van der Waals surface area contributed by atoms with E-state index in [2.05, 4.69) is 32.3 Å². The lowest BCUT2D eigenvalue weighted by Crippen LogP contribution is -2.47. The molecule has 0 unspecified atom stereocenters. The molecule has 1 fully saturated rings. The highest BCUT2D eigenvalue weighted by molar-refractivity contribution is 5.10. The molecule has 4 heterocycles. The van der Waals surface area contributed by atoms with Crippen molar-refractivity contribution in [2.45, 2.75) is 38.6 Å². The molecule has 0 spiro atoms. The van der Waals surface area contributed by atoms with Crippen LogP contribution in [0.5, 0.6) is 0 Å². The number of nitrogens with zero attached hydrogens (tertiary/aromatic N) is 5. The van der Waals surface area contributed by atoms with Gasteiger partial charge in [-0.25, -0.2) is 4.68 Å². The van der Waals surface area contributed by atoms with Crippen molar-refractivity contribution in [1.29, 1.82) is 0 Å². The summed E-state index contributed by atoms with van der Waals surface area (Å²) in [5.74, 6) is 0. The van der Waals surface area contributed by atoms with Crippen LogP contribution in [-0.4, -0.2) is 44.1 Å². The Morgan fingerprint density at radius 3 is 3.24 bits per heavy atom. The van der Waals surface area contributed by atoms with Gasteiger partial charge < -0.3 is 4.74 Å². The maximum absolute atomic E-state index is 5.94. The first-order valence-corrected chi connectivity index (χ1v) is 7.45. The third-order valence-electron chi connectivity index (χ3n) is 4.34. The van der Waals surface area contributed by atoms with Crippen molar-refractivity contribution in [1.82, 2.24) is 24.9 Å². The zero-order chi connectivity index (χ0) is 14.2. The van der Waals surface area contributed by atoms with Gasteiger partial charge in [0.2, 0.25) is 0 Å². The molecule has 110 valence electrons. The summed E-state index contributed by atoms with van der Waals surface area (Å²) in [7, 11) is 0. The molecule has 2 aliphatic rings. The Labute approximate surface area is 123 Å². The predicted octanol–water partition coefficient (Wildman–Crippen LogP) is 1.33. The van der Waals surface area contributed by atoms with Crippen LogP contribution >= 0.6 is 0 Å². The summed E-state index contributed by atoms with van der Waals surface area (Å²) in [5.41, 5.74) is 3.28. The zero-order valence-electron chi connectivity index (χ0n) is 12.1. The molecule has 0 aromatic carbocycles. The monoisotopic (exact) mass is 285 g/mol. The average molecular weight is 285 g/mol. The van der Waals surface area contributed by atoms with Crippen LogP contribution in [0, 0.1) is 6.92 Å². The van der Waals surface area contributed by atoms with Crippen LogP contribution in [0.2, 0.25) is 0 Å². The fraction of sp³-hybridized carbons (Fsp3) is 0.533. The molecule has 4 rings (SSSR count). The molecular weight excluding hydrogens is 266 g/mol. The van der Waals surface area contributed by atoms with E-state index in [-0.39, 0.29) is 12.1 Å². The number of hydrogen-bond acceptors (Lipinski definition) is 5. The Bertz CT molecular complexity index is 640. The molecule has 0 N–H and O–H groups in total. The van der Waals surface area contributed by atoms with Crippen molar-refractivity contribution < 1.29 is 4.74 Å². The second-order valence-electron chi connectivity index (χ2n) is 5.88. The molecule has 0 bridgehead atoms. The SMILES string of the molecule is Cc1cccc(CN2CC[C@@H]3OCc4cnnn4[C@@H]3C2)n1. The summed E-state index contributed by atoms with van der Waals surface area (Å²) in [6.45, 7) is 5.53. The maximum Gasteiger partial charge on any atom is 0.0930 e. The second-order valence-corrected chi connectivity index (χ2v) is 5.88. The Hall–Kier alpha value is -1.79. The summed E-state index contributed by atoms with van der Waals surface area (Å²) in [5, 5.41) is 8.26. The second kappa shape index (κ2) is 5.20. The van der Waals surface area contributed by atoms with Crippen LogP contribution < -0.4 is 0 Å². The van der Waals surface area contributed by atoms with E-state index in [1.807, 2.05) is 17.7 Å². The van der Waals surface area contributed by atoms with Gasteiger partial charge in [0, 0.05) is 25.3 Å². The molecule has 6 nitrogen and oxygen atoms in total. The van der Waals surface area contributed by atoms with E-state index in [4.69, 9.17) is 4.74 Å². The Morgan fingerprint density at radius 2 is 2.33 bits per heavy atom. The largest absolute Gasteiger partial charge is 0.370 e. The van der Waals surface area contributed by atoms with E-state index < -0.39 is 0 Å². The summed E-state index contributed by atoms with van der Waals surface area (Å²) in [4.78, 5) is 7.03. The summed E-state index contributed by atoms with van der Waals surface area (Å²) < 4.78 is 7.99. The molecule has 0 saturated carbocycles. The van der Waals surface area contributed by atoms with Gasteiger partial charge in [0.15, 0.2) is 0 Å². The maximum atomic E-state index is 5.94. The van der Waals surface area contributed by atoms with Crippen LogP contribution in [0.4, 0.5) is 0 Å². The Kier molecular flexibility index (Phi) is 3.20. The normalized spacial score (nSPS) is 25.4. The van der Waals surface area contributed by atoms with Crippen molar-refractivity contribution in [3.63, 3.8) is 0 Å². The molecule has 0 aliphatic carbocycles. The highest BCUT2D eigenvalue weighted by Gasteiger charge is 2.36. The number of ether oxygens (including phenoxy) is 1. The number of piperidine rings is 1. The lowest BCUT2D eigenvalue weighted by Gasteiger charge is -2.40. The van der Waals surface area contributed by atoms with Gasteiger partial charge in [0.1, 0.15) is 0 Å². The fourth-order valence-electron chi connectivity index (χ4n) is 3.30. The third kappa shape index (κ3) is 2.45. The topological polar surface area (TPSA) is 56.1 Å². The van der Waals surface area contributed by atoms with E-state index in [0.29, 0.717) is 6.61 Å². The van der Waals surface area contributed by atoms with E-state index in [9.17, 15) is 0 Å². The van der Waals surface area contributed by atoms with Crippen LogP contribution in [0.3, 0.4) is 0 Å². The van der Waals surface area contributed by atoms with Crippen molar-refractivity contribution >= 4 is 0 Å². The standard InChI is InChI=1S/C15H19N5O/c1-11-3-2-4-12(17-11)8-19-6-5-15-14(9-19)20-13(10-21-15)7-16-18-20/h2-4,7,14-15H,5-6,8-10H2,1H3/t14-,15+/m1/s1. The van der Waals surface area contributed by atoms with E-state index in [0.717, 1.165) is 43.1 Å². The van der Waals surface area contributed by atoms with Gasteiger partial charge in [-0.15, -0.1) is 5.10 Å². The number of rotatable bonds is 2. The van der Waals surface area contributed by atoms with Crippen molar-refractivity contribution in [2.75, 3.05) is 13.1 Å². The Balaban J connectivity index is 1.51. The minimum absolute atomic E-state index is 0.265. The molecule has 2 aromatic heterocycles. The first kappa shape index (κ1) is 12.9. The molecule has 2 aromatic rings. The molecule has 2 atom stereocenters. The number of hydrogen-bond donors (Lipinski definition) is 0. The van der Waals surface area contributed by atoms with Crippen molar-refractivity contribution in [2.24, 2.45) is 0 Å². The molecule has 0 amide bonds. The van der Waals surface area contributed by atoms with Gasteiger partial charge in [-0.1, -0.05) is 11.3 Å². The van der Waals surface area contributed by atoms with E-state index >= 15 is 0 Å². The molecule has 2 aliphatic heterocycles. The number of pyridine rings is 1. The van der Waals surface area contributed by atoms with Gasteiger partial charge in [0.05, 0.1) is 36.3 Å². The highest BCUT2D eigenvalue weighted by Crippen LogP contribution is 2.30. The summed E-state index contributed by atoms with van der Waals surface area (Å²) in [6.07, 6.45) is 3.11. The van der Waals surface area contributed by atoms with E-state index in [1.165, 1.54) is 0 Å². The zero-order valence-corrected chi connectivity index (χ0v) is 12.1. The van der Waals surface area contributed by atoms with Crippen LogP contribution in [0.1, 0.15) is 29.5 Å². The minimum atomic E-state index is 0.265. The minimum Gasteiger partial charge on any atom is -0.370 e. The van der Waals surface area contributed by atoms with E-state index in [1.54, 1.807) is 6.20 Å².